The standard InChI is InChI=1S/C8H15BrO/c9-7-5-3-1-2-4-6-8(7)10/h7-8,10H,1-6H2/t7-,8+/m0/s1. The molecule has 0 radical (unpaired) electrons. The lowest BCUT2D eigenvalue weighted by Crippen LogP contribution is -2.21. The second-order valence-corrected chi connectivity index (χ2v) is 4.25. The van der Waals surface area contributed by atoms with Gasteiger partial charge in [0.2, 0.25) is 0 Å². The van der Waals surface area contributed by atoms with Gasteiger partial charge < -0.3 is 5.11 Å². The van der Waals surface area contributed by atoms with Crippen molar-refractivity contribution in [1.82, 2.24) is 0 Å². The summed E-state index contributed by atoms with van der Waals surface area (Å²) in [6, 6.07) is 0. The maximum Gasteiger partial charge on any atom is 0.0665 e. The number of aliphatic hydroxyl groups is 1. The number of hydrogen-bond acceptors (Lipinski definition) is 1. The van der Waals surface area contributed by atoms with E-state index < -0.39 is 0 Å². The molecule has 1 rings (SSSR count). The molecule has 1 saturated carbocycles. The Bertz CT molecular complexity index is 83.3. The molecule has 1 aliphatic rings. The fourth-order valence-electron chi connectivity index (χ4n) is 1.42. The summed E-state index contributed by atoms with van der Waals surface area (Å²) in [5, 5.41) is 9.44. The first-order chi connectivity index (χ1) is 4.80. The number of hydrogen-bond donors (Lipinski definition) is 1. The van der Waals surface area contributed by atoms with Crippen LogP contribution < -0.4 is 0 Å². The largest absolute Gasteiger partial charge is 0.392 e. The normalized spacial score (nSPS) is 36.6. The second-order valence-electron chi connectivity index (χ2n) is 3.07. The molecule has 0 aromatic rings. The summed E-state index contributed by atoms with van der Waals surface area (Å²) in [6.07, 6.45) is 7.14. The molecule has 0 aromatic carbocycles. The van der Waals surface area contributed by atoms with Crippen molar-refractivity contribution < 1.29 is 5.11 Å². The minimum atomic E-state index is -0.0969. The summed E-state index contributed by atoms with van der Waals surface area (Å²) in [6.45, 7) is 0. The van der Waals surface area contributed by atoms with Gasteiger partial charge in [0.1, 0.15) is 0 Å². The van der Waals surface area contributed by atoms with Crippen LogP contribution in [0.25, 0.3) is 0 Å². The van der Waals surface area contributed by atoms with Crippen molar-refractivity contribution in [3.63, 3.8) is 0 Å². The molecule has 0 spiro atoms. The van der Waals surface area contributed by atoms with Crippen LogP contribution in [-0.4, -0.2) is 16.0 Å². The molecule has 0 bridgehead atoms. The van der Waals surface area contributed by atoms with E-state index >= 15 is 0 Å². The highest BCUT2D eigenvalue weighted by Gasteiger charge is 2.16. The fraction of sp³-hybridized carbons (Fsp3) is 1.00. The molecule has 0 amide bonds. The van der Waals surface area contributed by atoms with Crippen molar-refractivity contribution in [1.29, 1.82) is 0 Å². The number of rotatable bonds is 0. The third-order valence-electron chi connectivity index (χ3n) is 2.15. The zero-order valence-corrected chi connectivity index (χ0v) is 7.81. The Morgan fingerprint density at radius 1 is 1.00 bits per heavy atom. The van der Waals surface area contributed by atoms with E-state index in [0.29, 0.717) is 4.83 Å². The van der Waals surface area contributed by atoms with Gasteiger partial charge in [0.05, 0.1) is 6.10 Å². The Hall–Kier alpha value is 0.440. The van der Waals surface area contributed by atoms with E-state index in [4.69, 9.17) is 0 Å². The molecule has 2 atom stereocenters. The predicted octanol–water partition coefficient (Wildman–Crippen LogP) is 2.47. The van der Waals surface area contributed by atoms with Gasteiger partial charge in [0.25, 0.3) is 0 Å². The molecule has 0 aromatic heterocycles. The summed E-state index contributed by atoms with van der Waals surface area (Å²) >= 11 is 3.49. The van der Waals surface area contributed by atoms with Gasteiger partial charge in [0, 0.05) is 4.83 Å². The second kappa shape index (κ2) is 4.35. The van der Waals surface area contributed by atoms with Crippen molar-refractivity contribution in [2.24, 2.45) is 0 Å². The number of halogens is 1. The van der Waals surface area contributed by atoms with Crippen LogP contribution in [0.2, 0.25) is 0 Å². The molecule has 2 heteroatoms. The monoisotopic (exact) mass is 206 g/mol. The highest BCUT2D eigenvalue weighted by molar-refractivity contribution is 9.09. The van der Waals surface area contributed by atoms with E-state index in [1.807, 2.05) is 0 Å². The van der Waals surface area contributed by atoms with E-state index in [9.17, 15) is 5.11 Å². The third kappa shape index (κ3) is 2.59. The van der Waals surface area contributed by atoms with Gasteiger partial charge in [-0.2, -0.15) is 0 Å². The molecular weight excluding hydrogens is 192 g/mol. The highest BCUT2D eigenvalue weighted by atomic mass is 79.9. The SMILES string of the molecule is O[C@@H]1CCCCCC[C@@H]1Br. The molecule has 0 unspecified atom stereocenters. The first-order valence-corrected chi connectivity index (χ1v) is 5.04. The van der Waals surface area contributed by atoms with Gasteiger partial charge in [-0.1, -0.05) is 41.6 Å². The van der Waals surface area contributed by atoms with Crippen LogP contribution in [0.1, 0.15) is 38.5 Å². The van der Waals surface area contributed by atoms with E-state index in [1.54, 1.807) is 0 Å². The predicted molar refractivity (Wildman–Crippen MR) is 46.4 cm³/mol. The zero-order valence-electron chi connectivity index (χ0n) is 6.22. The summed E-state index contributed by atoms with van der Waals surface area (Å²) in [4.78, 5) is 0.354. The molecule has 1 N–H and O–H groups in total. The van der Waals surface area contributed by atoms with Crippen molar-refractivity contribution in [3.05, 3.63) is 0 Å². The summed E-state index contributed by atoms with van der Waals surface area (Å²) in [7, 11) is 0. The summed E-state index contributed by atoms with van der Waals surface area (Å²) in [5.41, 5.74) is 0. The van der Waals surface area contributed by atoms with Crippen molar-refractivity contribution >= 4 is 15.9 Å². The third-order valence-corrected chi connectivity index (χ3v) is 3.22. The van der Waals surface area contributed by atoms with Crippen LogP contribution >= 0.6 is 15.9 Å². The average Bonchev–Trinajstić information content (AvgIpc) is 1.92. The summed E-state index contributed by atoms with van der Waals surface area (Å²) < 4.78 is 0. The van der Waals surface area contributed by atoms with E-state index in [2.05, 4.69) is 15.9 Å². The van der Waals surface area contributed by atoms with Crippen LogP contribution in [0, 0.1) is 0 Å². The van der Waals surface area contributed by atoms with Crippen LogP contribution in [0.3, 0.4) is 0 Å². The lowest BCUT2D eigenvalue weighted by Gasteiger charge is -2.19. The van der Waals surface area contributed by atoms with Gasteiger partial charge in [0.15, 0.2) is 0 Å². The van der Waals surface area contributed by atoms with Gasteiger partial charge in [-0.05, 0) is 12.8 Å². The Balaban J connectivity index is 2.28. The van der Waals surface area contributed by atoms with Crippen LogP contribution in [0.15, 0.2) is 0 Å². The van der Waals surface area contributed by atoms with Gasteiger partial charge in [-0.3, -0.25) is 0 Å². The zero-order chi connectivity index (χ0) is 7.40. The maximum atomic E-state index is 9.44. The first kappa shape index (κ1) is 8.54. The van der Waals surface area contributed by atoms with Crippen LogP contribution in [0.4, 0.5) is 0 Å². The minimum absolute atomic E-state index is 0.0969. The number of aliphatic hydroxyl groups excluding tert-OH is 1. The number of alkyl halides is 1. The molecule has 1 nitrogen and oxygen atoms in total. The van der Waals surface area contributed by atoms with E-state index in [-0.39, 0.29) is 6.10 Å². The molecule has 1 fully saturated rings. The average molecular weight is 207 g/mol. The summed E-state index contributed by atoms with van der Waals surface area (Å²) in [5.74, 6) is 0. The fourth-order valence-corrected chi connectivity index (χ4v) is 2.01. The van der Waals surface area contributed by atoms with Crippen molar-refractivity contribution in [3.8, 4) is 0 Å². The quantitative estimate of drug-likeness (QED) is 0.605. The van der Waals surface area contributed by atoms with Crippen LogP contribution in [0.5, 0.6) is 0 Å². The van der Waals surface area contributed by atoms with Gasteiger partial charge in [-0.15, -0.1) is 0 Å². The lowest BCUT2D eigenvalue weighted by atomic mass is 9.99. The lowest BCUT2D eigenvalue weighted by molar-refractivity contribution is 0.150. The molecule has 0 aliphatic heterocycles. The first-order valence-electron chi connectivity index (χ1n) is 4.13. The Morgan fingerprint density at radius 2 is 1.60 bits per heavy atom. The molecule has 10 heavy (non-hydrogen) atoms. The Kier molecular flexibility index (Phi) is 3.71. The van der Waals surface area contributed by atoms with E-state index in [0.717, 1.165) is 12.8 Å². The minimum Gasteiger partial charge on any atom is -0.392 e. The Labute approximate surface area is 70.9 Å². The van der Waals surface area contributed by atoms with Gasteiger partial charge >= 0.3 is 0 Å². The molecule has 0 saturated heterocycles. The van der Waals surface area contributed by atoms with Gasteiger partial charge in [-0.25, -0.2) is 0 Å². The molecule has 60 valence electrons. The van der Waals surface area contributed by atoms with E-state index in [1.165, 1.54) is 25.7 Å². The van der Waals surface area contributed by atoms with Crippen molar-refractivity contribution in [2.45, 2.75) is 49.5 Å². The topological polar surface area (TPSA) is 20.2 Å². The maximum absolute atomic E-state index is 9.44. The molecule has 1 aliphatic carbocycles. The molecule has 0 heterocycles. The Morgan fingerprint density at radius 3 is 2.30 bits per heavy atom. The van der Waals surface area contributed by atoms with Crippen molar-refractivity contribution in [2.75, 3.05) is 0 Å². The molecular formula is C8H15BrO. The van der Waals surface area contributed by atoms with Crippen LogP contribution in [-0.2, 0) is 0 Å². The smallest absolute Gasteiger partial charge is 0.0665 e. The highest BCUT2D eigenvalue weighted by Crippen LogP contribution is 2.22.